The van der Waals surface area contributed by atoms with E-state index in [0.717, 1.165) is 43.1 Å². The molecule has 1 aliphatic carbocycles. The minimum absolute atomic E-state index is 0.168. The van der Waals surface area contributed by atoms with Crippen LogP contribution in [0.4, 0.5) is 0 Å². The van der Waals surface area contributed by atoms with E-state index < -0.39 is 0 Å². The quantitative estimate of drug-likeness (QED) is 0.629. The summed E-state index contributed by atoms with van der Waals surface area (Å²) in [7, 11) is 0. The molecule has 0 saturated heterocycles. The van der Waals surface area contributed by atoms with Gasteiger partial charge in [0.25, 0.3) is 0 Å². The van der Waals surface area contributed by atoms with Gasteiger partial charge in [-0.25, -0.2) is 4.98 Å². The van der Waals surface area contributed by atoms with Crippen LogP contribution in [-0.2, 0) is 6.54 Å². The number of aromatic nitrogens is 2. The molecule has 1 heterocycles. The van der Waals surface area contributed by atoms with Gasteiger partial charge in [0.15, 0.2) is 0 Å². The number of rotatable bonds is 8. The molecule has 104 valence electrons. The number of aromatic amines is 1. The Labute approximate surface area is 115 Å². The molecule has 1 aromatic rings. The fourth-order valence-corrected chi connectivity index (χ4v) is 2.17. The van der Waals surface area contributed by atoms with E-state index in [-0.39, 0.29) is 5.54 Å². The summed E-state index contributed by atoms with van der Waals surface area (Å²) in [6.45, 7) is 7.52. The molecule has 1 aromatic heterocycles. The van der Waals surface area contributed by atoms with Gasteiger partial charge < -0.3 is 16.0 Å². The lowest BCUT2D eigenvalue weighted by molar-refractivity contribution is 0.538. The molecule has 0 radical (unpaired) electrons. The van der Waals surface area contributed by atoms with Gasteiger partial charge >= 0.3 is 0 Å². The third kappa shape index (κ3) is 4.04. The third-order valence-electron chi connectivity index (χ3n) is 3.55. The van der Waals surface area contributed by atoms with Gasteiger partial charge in [-0.3, -0.25) is 0 Å². The average Bonchev–Trinajstić information content (AvgIpc) is 2.99. The smallest absolute Gasteiger partial charge is 0.121 e. The zero-order valence-electron chi connectivity index (χ0n) is 11.7. The number of hydrogen-bond acceptors (Lipinski definition) is 3. The first kappa shape index (κ1) is 14.0. The molecule has 0 amide bonds. The predicted octanol–water partition coefficient (Wildman–Crippen LogP) is 2.45. The number of hydrogen-bond donors (Lipinski definition) is 3. The Hall–Kier alpha value is -1.39. The summed E-state index contributed by atoms with van der Waals surface area (Å²) >= 11 is 0. The molecule has 19 heavy (non-hydrogen) atoms. The van der Waals surface area contributed by atoms with Crippen molar-refractivity contribution in [1.82, 2.24) is 15.3 Å². The summed E-state index contributed by atoms with van der Waals surface area (Å²) in [6, 6.07) is 0. The number of H-pyrrole nitrogens is 1. The van der Waals surface area contributed by atoms with Crippen LogP contribution in [0.3, 0.4) is 0 Å². The Kier molecular flexibility index (Phi) is 4.56. The average molecular weight is 260 g/mol. The second-order valence-corrected chi connectivity index (χ2v) is 5.33. The van der Waals surface area contributed by atoms with Crippen molar-refractivity contribution in [1.29, 1.82) is 0 Å². The van der Waals surface area contributed by atoms with Crippen molar-refractivity contribution in [2.45, 2.75) is 44.7 Å². The van der Waals surface area contributed by atoms with Gasteiger partial charge in [0.05, 0.1) is 17.9 Å². The molecule has 1 fully saturated rings. The highest BCUT2D eigenvalue weighted by atomic mass is 15.0. The van der Waals surface area contributed by atoms with Gasteiger partial charge in [-0.05, 0) is 51.3 Å². The van der Waals surface area contributed by atoms with Crippen molar-refractivity contribution in [2.24, 2.45) is 5.73 Å². The largest absolute Gasteiger partial charge is 0.341 e. The number of nitrogens with two attached hydrogens (primary N) is 1. The Balaban J connectivity index is 1.74. The monoisotopic (exact) mass is 260 g/mol. The van der Waals surface area contributed by atoms with Gasteiger partial charge in [0.1, 0.15) is 5.82 Å². The van der Waals surface area contributed by atoms with E-state index in [9.17, 15) is 0 Å². The molecule has 0 unspecified atom stereocenters. The van der Waals surface area contributed by atoms with Crippen LogP contribution in [0.15, 0.2) is 12.7 Å². The standard InChI is InChI=1S/C15H24N4/c1-3-6-13-12(4-2)18-14(19-13)11-17-10-5-7-15(16)8-9-15/h3-4,6,17H,2,5,7-11,16H2,1H3,(H,18,19)/b6-3-. The van der Waals surface area contributed by atoms with E-state index in [0.29, 0.717) is 0 Å². The lowest BCUT2D eigenvalue weighted by atomic mass is 10.1. The van der Waals surface area contributed by atoms with Crippen LogP contribution in [-0.4, -0.2) is 22.1 Å². The summed E-state index contributed by atoms with van der Waals surface area (Å²) in [6.07, 6.45) is 10.4. The molecule has 4 N–H and O–H groups in total. The topological polar surface area (TPSA) is 66.7 Å². The highest BCUT2D eigenvalue weighted by Crippen LogP contribution is 2.36. The Morgan fingerprint density at radius 3 is 2.95 bits per heavy atom. The van der Waals surface area contributed by atoms with Crippen LogP contribution >= 0.6 is 0 Å². The lowest BCUT2D eigenvalue weighted by Crippen LogP contribution is -2.24. The molecule has 1 aliphatic rings. The molecule has 0 atom stereocenters. The molecule has 1 saturated carbocycles. The first-order chi connectivity index (χ1) is 9.17. The van der Waals surface area contributed by atoms with Crippen LogP contribution in [0.5, 0.6) is 0 Å². The van der Waals surface area contributed by atoms with Crippen molar-refractivity contribution in [3.63, 3.8) is 0 Å². The summed E-state index contributed by atoms with van der Waals surface area (Å²) in [4.78, 5) is 7.79. The zero-order chi connectivity index (χ0) is 13.7. The van der Waals surface area contributed by atoms with Gasteiger partial charge in [0.2, 0.25) is 0 Å². The Morgan fingerprint density at radius 2 is 2.32 bits per heavy atom. The number of imidazole rings is 1. The molecule has 0 aromatic carbocycles. The number of nitrogens with one attached hydrogen (secondary N) is 2. The van der Waals surface area contributed by atoms with Crippen LogP contribution < -0.4 is 11.1 Å². The molecular weight excluding hydrogens is 236 g/mol. The van der Waals surface area contributed by atoms with E-state index in [1.807, 2.05) is 19.1 Å². The molecule has 0 spiro atoms. The first-order valence-corrected chi connectivity index (χ1v) is 7.00. The SMILES string of the molecule is C=Cc1nc(CNCCCC2(N)CC2)[nH]c1/C=C\C. The predicted molar refractivity (Wildman–Crippen MR) is 80.5 cm³/mol. The Morgan fingerprint density at radius 1 is 1.53 bits per heavy atom. The van der Waals surface area contributed by atoms with E-state index in [2.05, 4.69) is 21.9 Å². The minimum Gasteiger partial charge on any atom is -0.341 e. The summed E-state index contributed by atoms with van der Waals surface area (Å²) in [5.41, 5.74) is 8.15. The lowest BCUT2D eigenvalue weighted by Gasteiger charge is -2.07. The fraction of sp³-hybridized carbons (Fsp3) is 0.533. The molecule has 4 nitrogen and oxygen atoms in total. The van der Waals surface area contributed by atoms with Crippen LogP contribution in [0.1, 0.15) is 49.8 Å². The second-order valence-electron chi connectivity index (χ2n) is 5.33. The Bertz CT molecular complexity index is 455. The van der Waals surface area contributed by atoms with Gasteiger partial charge in [-0.2, -0.15) is 0 Å². The number of nitrogens with zero attached hydrogens (tertiary/aromatic N) is 1. The van der Waals surface area contributed by atoms with Crippen molar-refractivity contribution in [3.8, 4) is 0 Å². The molecule has 2 rings (SSSR count). The summed E-state index contributed by atoms with van der Waals surface area (Å²) in [5, 5.41) is 3.40. The van der Waals surface area contributed by atoms with E-state index in [4.69, 9.17) is 5.73 Å². The maximum atomic E-state index is 6.05. The number of allylic oxidation sites excluding steroid dienone is 1. The van der Waals surface area contributed by atoms with Crippen LogP contribution in [0.2, 0.25) is 0 Å². The molecule has 0 bridgehead atoms. The fourth-order valence-electron chi connectivity index (χ4n) is 2.17. The van der Waals surface area contributed by atoms with Crippen LogP contribution in [0.25, 0.3) is 12.2 Å². The van der Waals surface area contributed by atoms with E-state index in [1.165, 1.54) is 12.8 Å². The maximum absolute atomic E-state index is 6.05. The minimum atomic E-state index is 0.168. The van der Waals surface area contributed by atoms with Gasteiger partial charge in [-0.1, -0.05) is 12.7 Å². The third-order valence-corrected chi connectivity index (χ3v) is 3.55. The van der Waals surface area contributed by atoms with Gasteiger partial charge in [-0.15, -0.1) is 0 Å². The molecule has 4 heteroatoms. The highest BCUT2D eigenvalue weighted by Gasteiger charge is 2.36. The first-order valence-electron chi connectivity index (χ1n) is 7.00. The van der Waals surface area contributed by atoms with E-state index >= 15 is 0 Å². The molecular formula is C15H24N4. The summed E-state index contributed by atoms with van der Waals surface area (Å²) in [5.74, 6) is 0.955. The molecule has 0 aliphatic heterocycles. The highest BCUT2D eigenvalue weighted by molar-refractivity contribution is 5.58. The normalized spacial score (nSPS) is 16.9. The summed E-state index contributed by atoms with van der Waals surface area (Å²) < 4.78 is 0. The van der Waals surface area contributed by atoms with Crippen LogP contribution in [0, 0.1) is 0 Å². The van der Waals surface area contributed by atoms with Crippen molar-refractivity contribution in [3.05, 3.63) is 29.9 Å². The van der Waals surface area contributed by atoms with Crippen molar-refractivity contribution in [2.75, 3.05) is 6.54 Å². The van der Waals surface area contributed by atoms with Crippen molar-refractivity contribution >= 4 is 12.2 Å². The van der Waals surface area contributed by atoms with Gasteiger partial charge in [0, 0.05) is 5.54 Å². The van der Waals surface area contributed by atoms with E-state index in [1.54, 1.807) is 6.08 Å². The van der Waals surface area contributed by atoms with Crippen molar-refractivity contribution < 1.29 is 0 Å². The maximum Gasteiger partial charge on any atom is 0.121 e. The second kappa shape index (κ2) is 6.17. The zero-order valence-corrected chi connectivity index (χ0v) is 11.7.